The summed E-state index contributed by atoms with van der Waals surface area (Å²) in [7, 11) is 1.65. The zero-order valence-corrected chi connectivity index (χ0v) is 11.6. The van der Waals surface area contributed by atoms with E-state index in [0.717, 1.165) is 26.1 Å². The van der Waals surface area contributed by atoms with Crippen LogP contribution >= 0.6 is 23.4 Å². The van der Waals surface area contributed by atoms with E-state index in [4.69, 9.17) is 22.1 Å². The molecule has 0 spiro atoms. The second kappa shape index (κ2) is 6.14. The van der Waals surface area contributed by atoms with Crippen LogP contribution in [0.3, 0.4) is 0 Å². The fourth-order valence-electron chi connectivity index (χ4n) is 1.57. The first-order chi connectivity index (χ1) is 8.74. The lowest BCUT2D eigenvalue weighted by atomic mass is 10.2. The van der Waals surface area contributed by atoms with E-state index in [1.807, 2.05) is 42.5 Å². The van der Waals surface area contributed by atoms with Crippen molar-refractivity contribution < 1.29 is 4.74 Å². The molecule has 0 saturated carbocycles. The Bertz CT molecular complexity index is 545. The molecule has 0 heterocycles. The third-order valence-corrected chi connectivity index (χ3v) is 4.17. The minimum Gasteiger partial charge on any atom is -0.497 e. The molecule has 0 radical (unpaired) electrons. The number of methoxy groups -OCH3 is 1. The molecular formula is C14H14ClNOS. The van der Waals surface area contributed by atoms with Gasteiger partial charge < -0.3 is 10.5 Å². The van der Waals surface area contributed by atoms with Crippen molar-refractivity contribution >= 4 is 23.4 Å². The summed E-state index contributed by atoms with van der Waals surface area (Å²) in [6, 6.07) is 13.6. The van der Waals surface area contributed by atoms with Gasteiger partial charge in [0.25, 0.3) is 0 Å². The molecule has 0 unspecified atom stereocenters. The Morgan fingerprint density at radius 1 is 1.17 bits per heavy atom. The van der Waals surface area contributed by atoms with Crippen LogP contribution in [-0.2, 0) is 6.54 Å². The van der Waals surface area contributed by atoms with E-state index < -0.39 is 0 Å². The molecule has 4 heteroatoms. The zero-order chi connectivity index (χ0) is 13.0. The maximum Gasteiger partial charge on any atom is 0.120 e. The maximum atomic E-state index is 6.16. The van der Waals surface area contributed by atoms with Gasteiger partial charge >= 0.3 is 0 Å². The van der Waals surface area contributed by atoms with Crippen LogP contribution in [0.25, 0.3) is 0 Å². The third-order valence-electron chi connectivity index (χ3n) is 2.55. The summed E-state index contributed by atoms with van der Waals surface area (Å²) in [5.74, 6) is 0.821. The van der Waals surface area contributed by atoms with E-state index in [-0.39, 0.29) is 0 Å². The second-order valence-electron chi connectivity index (χ2n) is 3.71. The van der Waals surface area contributed by atoms with Gasteiger partial charge in [0.05, 0.1) is 12.1 Å². The van der Waals surface area contributed by atoms with Gasteiger partial charge in [-0.15, -0.1) is 0 Å². The van der Waals surface area contributed by atoms with E-state index in [0.29, 0.717) is 6.54 Å². The number of halogens is 1. The predicted molar refractivity (Wildman–Crippen MR) is 76.5 cm³/mol. The molecule has 0 fully saturated rings. The summed E-state index contributed by atoms with van der Waals surface area (Å²) < 4.78 is 5.24. The topological polar surface area (TPSA) is 35.2 Å². The van der Waals surface area contributed by atoms with E-state index in [1.165, 1.54) is 0 Å². The number of hydrogen-bond donors (Lipinski definition) is 1. The van der Waals surface area contributed by atoms with Crippen molar-refractivity contribution in [1.82, 2.24) is 0 Å². The van der Waals surface area contributed by atoms with Gasteiger partial charge in [0.1, 0.15) is 5.75 Å². The second-order valence-corrected chi connectivity index (χ2v) is 5.20. The lowest BCUT2D eigenvalue weighted by Gasteiger charge is -2.10. The highest BCUT2D eigenvalue weighted by molar-refractivity contribution is 7.99. The molecule has 0 saturated heterocycles. The van der Waals surface area contributed by atoms with Gasteiger partial charge in [0.2, 0.25) is 0 Å². The molecule has 2 N–H and O–H groups in total. The van der Waals surface area contributed by atoms with Crippen molar-refractivity contribution in [3.8, 4) is 5.75 Å². The molecule has 0 amide bonds. The number of rotatable bonds is 4. The Hall–Kier alpha value is -1.16. The van der Waals surface area contributed by atoms with E-state index in [2.05, 4.69) is 0 Å². The zero-order valence-electron chi connectivity index (χ0n) is 10.0. The molecule has 0 atom stereocenters. The van der Waals surface area contributed by atoms with Crippen LogP contribution in [0, 0.1) is 0 Å². The number of ether oxygens (including phenoxy) is 1. The SMILES string of the molecule is COc1ccc(CN)c(Sc2ccccc2Cl)c1. The first-order valence-corrected chi connectivity index (χ1v) is 6.73. The summed E-state index contributed by atoms with van der Waals surface area (Å²) >= 11 is 7.76. The molecule has 2 aromatic rings. The average molecular weight is 280 g/mol. The molecule has 0 aliphatic rings. The standard InChI is InChI=1S/C14H14ClNOS/c1-17-11-7-6-10(9-16)14(8-11)18-13-5-3-2-4-12(13)15/h2-8H,9,16H2,1H3. The van der Waals surface area contributed by atoms with Crippen molar-refractivity contribution in [1.29, 1.82) is 0 Å². The van der Waals surface area contributed by atoms with Gasteiger partial charge in [-0.2, -0.15) is 0 Å². The Kier molecular flexibility index (Phi) is 4.53. The molecular weight excluding hydrogens is 266 g/mol. The molecule has 0 bridgehead atoms. The molecule has 94 valence electrons. The average Bonchev–Trinajstić information content (AvgIpc) is 2.41. The summed E-state index contributed by atoms with van der Waals surface area (Å²) in [5.41, 5.74) is 6.83. The van der Waals surface area contributed by atoms with Gasteiger partial charge in [-0.1, -0.05) is 41.6 Å². The Labute approximate surface area is 116 Å². The highest BCUT2D eigenvalue weighted by Crippen LogP contribution is 2.36. The van der Waals surface area contributed by atoms with Crippen molar-refractivity contribution in [2.75, 3.05) is 7.11 Å². The predicted octanol–water partition coefficient (Wildman–Crippen LogP) is 3.96. The smallest absolute Gasteiger partial charge is 0.120 e. The lowest BCUT2D eigenvalue weighted by Crippen LogP contribution is -1.98. The van der Waals surface area contributed by atoms with Gasteiger partial charge in [0.15, 0.2) is 0 Å². The van der Waals surface area contributed by atoms with Crippen molar-refractivity contribution in [2.24, 2.45) is 5.73 Å². The Balaban J connectivity index is 2.35. The highest BCUT2D eigenvalue weighted by atomic mass is 35.5. The fraction of sp³-hybridized carbons (Fsp3) is 0.143. The normalized spacial score (nSPS) is 10.4. The van der Waals surface area contributed by atoms with Crippen molar-refractivity contribution in [3.63, 3.8) is 0 Å². The van der Waals surface area contributed by atoms with Crippen molar-refractivity contribution in [2.45, 2.75) is 16.3 Å². The fourth-order valence-corrected chi connectivity index (χ4v) is 2.83. The maximum absolute atomic E-state index is 6.16. The minimum absolute atomic E-state index is 0.497. The largest absolute Gasteiger partial charge is 0.497 e. The quantitative estimate of drug-likeness (QED) is 0.920. The first-order valence-electron chi connectivity index (χ1n) is 5.54. The van der Waals surface area contributed by atoms with Gasteiger partial charge in [-0.05, 0) is 29.8 Å². The third kappa shape index (κ3) is 2.99. The van der Waals surface area contributed by atoms with Crippen LogP contribution in [0.4, 0.5) is 0 Å². The summed E-state index contributed by atoms with van der Waals surface area (Å²) in [6.07, 6.45) is 0. The molecule has 2 nitrogen and oxygen atoms in total. The van der Waals surface area contributed by atoms with Crippen LogP contribution in [0.2, 0.25) is 5.02 Å². The first kappa shape index (κ1) is 13.3. The number of benzene rings is 2. The summed E-state index contributed by atoms with van der Waals surface area (Å²) in [5, 5.41) is 0.744. The van der Waals surface area contributed by atoms with Gasteiger partial charge in [-0.3, -0.25) is 0 Å². The van der Waals surface area contributed by atoms with E-state index in [1.54, 1.807) is 18.9 Å². The van der Waals surface area contributed by atoms with Crippen LogP contribution in [0.5, 0.6) is 5.75 Å². The molecule has 2 rings (SSSR count). The summed E-state index contributed by atoms with van der Waals surface area (Å²) in [4.78, 5) is 2.09. The van der Waals surface area contributed by atoms with Crippen LogP contribution in [-0.4, -0.2) is 7.11 Å². The molecule has 0 aromatic heterocycles. The Morgan fingerprint density at radius 3 is 2.61 bits per heavy atom. The Morgan fingerprint density at radius 2 is 1.94 bits per heavy atom. The van der Waals surface area contributed by atoms with Gasteiger partial charge in [-0.25, -0.2) is 0 Å². The minimum atomic E-state index is 0.497. The van der Waals surface area contributed by atoms with E-state index in [9.17, 15) is 0 Å². The molecule has 0 aliphatic carbocycles. The van der Waals surface area contributed by atoms with Gasteiger partial charge in [0, 0.05) is 16.3 Å². The monoisotopic (exact) mass is 279 g/mol. The molecule has 0 aliphatic heterocycles. The van der Waals surface area contributed by atoms with Crippen molar-refractivity contribution in [3.05, 3.63) is 53.1 Å². The van der Waals surface area contributed by atoms with E-state index >= 15 is 0 Å². The van der Waals surface area contributed by atoms with Crippen LogP contribution in [0.15, 0.2) is 52.3 Å². The number of hydrogen-bond acceptors (Lipinski definition) is 3. The van der Waals surface area contributed by atoms with Crippen LogP contribution < -0.4 is 10.5 Å². The summed E-state index contributed by atoms with van der Waals surface area (Å²) in [6.45, 7) is 0.497. The molecule has 2 aromatic carbocycles. The van der Waals surface area contributed by atoms with Crippen LogP contribution in [0.1, 0.15) is 5.56 Å². The highest BCUT2D eigenvalue weighted by Gasteiger charge is 2.07. The number of nitrogens with two attached hydrogens (primary N) is 1. The molecule has 18 heavy (non-hydrogen) atoms. The lowest BCUT2D eigenvalue weighted by molar-refractivity contribution is 0.413.